The Hall–Kier alpha value is -1.67. The summed E-state index contributed by atoms with van der Waals surface area (Å²) in [5.74, 6) is 0. The Labute approximate surface area is 140 Å². The van der Waals surface area contributed by atoms with Gasteiger partial charge in [0, 0.05) is 26.2 Å². The van der Waals surface area contributed by atoms with Crippen LogP contribution < -0.4 is 0 Å². The van der Waals surface area contributed by atoms with E-state index in [9.17, 15) is 4.57 Å². The van der Waals surface area contributed by atoms with Crippen molar-refractivity contribution in [2.75, 3.05) is 26.2 Å². The molecule has 0 radical (unpaired) electrons. The summed E-state index contributed by atoms with van der Waals surface area (Å²) in [6.45, 7) is 17.4. The fourth-order valence-corrected chi connectivity index (χ4v) is 5.38. The van der Waals surface area contributed by atoms with Crippen molar-refractivity contribution < 1.29 is 4.57 Å². The van der Waals surface area contributed by atoms with Crippen molar-refractivity contribution in [1.29, 1.82) is 0 Å². The second-order valence-corrected chi connectivity index (χ2v) is 7.98. The van der Waals surface area contributed by atoms with Crippen molar-refractivity contribution in [2.24, 2.45) is 0 Å². The first-order chi connectivity index (χ1) is 11.1. The van der Waals surface area contributed by atoms with Crippen LogP contribution in [0.3, 0.4) is 0 Å². The topological polar surface area (TPSA) is 23.6 Å². The Morgan fingerprint density at radius 1 is 0.783 bits per heavy atom. The van der Waals surface area contributed by atoms with Gasteiger partial charge in [-0.25, -0.2) is 9.34 Å². The SMILES string of the molecule is C=CCN(CC=C)P(=O)(Cc1ccccc1)N(CC=C)CC=C. The number of hydrogen-bond donors (Lipinski definition) is 0. The molecule has 0 aliphatic rings. The molecule has 0 aliphatic carbocycles. The first-order valence-corrected chi connectivity index (χ1v) is 9.49. The zero-order valence-electron chi connectivity index (χ0n) is 13.8. The van der Waals surface area contributed by atoms with Gasteiger partial charge in [0.05, 0.1) is 6.16 Å². The molecule has 0 unspecified atom stereocenters. The molecule has 0 aliphatic heterocycles. The molecule has 0 bridgehead atoms. The van der Waals surface area contributed by atoms with Gasteiger partial charge in [-0.1, -0.05) is 54.6 Å². The number of rotatable bonds is 12. The molecular formula is C19H27N2OP. The molecule has 0 amide bonds. The second kappa shape index (κ2) is 10.2. The molecule has 0 atom stereocenters. The first-order valence-electron chi connectivity index (χ1n) is 7.69. The van der Waals surface area contributed by atoms with Gasteiger partial charge in [0.15, 0.2) is 0 Å². The number of nitrogens with zero attached hydrogens (tertiary/aromatic N) is 2. The normalized spacial score (nSPS) is 11.4. The predicted molar refractivity (Wildman–Crippen MR) is 102 cm³/mol. The molecule has 0 N–H and O–H groups in total. The van der Waals surface area contributed by atoms with E-state index in [1.165, 1.54) is 0 Å². The molecule has 23 heavy (non-hydrogen) atoms. The van der Waals surface area contributed by atoms with Gasteiger partial charge >= 0.3 is 0 Å². The van der Waals surface area contributed by atoms with Crippen LogP contribution in [0.25, 0.3) is 0 Å². The lowest BCUT2D eigenvalue weighted by atomic mass is 10.2. The lowest BCUT2D eigenvalue weighted by Gasteiger charge is -2.38. The molecule has 0 aromatic heterocycles. The molecule has 1 rings (SSSR count). The second-order valence-electron chi connectivity index (χ2n) is 5.21. The highest BCUT2D eigenvalue weighted by Gasteiger charge is 2.35. The summed E-state index contributed by atoms with van der Waals surface area (Å²) in [5, 5.41) is 0. The molecule has 0 spiro atoms. The molecule has 0 heterocycles. The average molecular weight is 330 g/mol. The van der Waals surface area contributed by atoms with Gasteiger partial charge < -0.3 is 0 Å². The fraction of sp³-hybridized carbons (Fsp3) is 0.263. The standard InChI is InChI=1S/C19H27N2OP/c1-5-14-20(15-6-2)23(22,21(16-7-3)17-8-4)18-19-12-10-9-11-13-19/h5-13H,1-4,14-18H2. The van der Waals surface area contributed by atoms with Crippen molar-refractivity contribution in [3.8, 4) is 0 Å². The van der Waals surface area contributed by atoms with Crippen molar-refractivity contribution in [3.05, 3.63) is 86.5 Å². The molecule has 1 aromatic carbocycles. The van der Waals surface area contributed by atoms with Crippen LogP contribution >= 0.6 is 7.44 Å². The fourth-order valence-electron chi connectivity index (χ4n) is 2.46. The summed E-state index contributed by atoms with van der Waals surface area (Å²) in [4.78, 5) is 0. The minimum atomic E-state index is -2.85. The van der Waals surface area contributed by atoms with E-state index < -0.39 is 7.44 Å². The molecular weight excluding hydrogens is 303 g/mol. The van der Waals surface area contributed by atoms with E-state index in [2.05, 4.69) is 26.3 Å². The van der Waals surface area contributed by atoms with Gasteiger partial charge in [0.2, 0.25) is 7.44 Å². The molecule has 3 nitrogen and oxygen atoms in total. The zero-order chi connectivity index (χ0) is 17.1. The maximum Gasteiger partial charge on any atom is 0.221 e. The highest BCUT2D eigenvalue weighted by Crippen LogP contribution is 2.55. The monoisotopic (exact) mass is 330 g/mol. The highest BCUT2D eigenvalue weighted by atomic mass is 31.2. The van der Waals surface area contributed by atoms with Gasteiger partial charge in [-0.3, -0.25) is 4.57 Å². The lowest BCUT2D eigenvalue weighted by molar-refractivity contribution is 0.388. The highest BCUT2D eigenvalue weighted by molar-refractivity contribution is 7.58. The quantitative estimate of drug-likeness (QED) is 0.409. The van der Waals surface area contributed by atoms with Crippen molar-refractivity contribution in [1.82, 2.24) is 9.34 Å². The molecule has 4 heteroatoms. The Morgan fingerprint density at radius 2 is 1.17 bits per heavy atom. The third kappa shape index (κ3) is 5.47. The van der Waals surface area contributed by atoms with E-state index in [4.69, 9.17) is 0 Å². The van der Waals surface area contributed by atoms with E-state index in [1.807, 2.05) is 39.7 Å². The van der Waals surface area contributed by atoms with Gasteiger partial charge in [-0.15, -0.1) is 26.3 Å². The van der Waals surface area contributed by atoms with Gasteiger partial charge in [0.25, 0.3) is 0 Å². The van der Waals surface area contributed by atoms with Crippen LogP contribution in [0.5, 0.6) is 0 Å². The Balaban J connectivity index is 3.26. The summed E-state index contributed by atoms with van der Waals surface area (Å²) in [5.41, 5.74) is 1.05. The minimum absolute atomic E-state index is 0.469. The molecule has 0 saturated heterocycles. The minimum Gasteiger partial charge on any atom is -0.288 e. The molecule has 1 aromatic rings. The van der Waals surface area contributed by atoms with Crippen LogP contribution in [0.4, 0.5) is 0 Å². The number of hydrogen-bond acceptors (Lipinski definition) is 1. The van der Waals surface area contributed by atoms with Crippen LogP contribution in [0.15, 0.2) is 81.0 Å². The average Bonchev–Trinajstić information content (AvgIpc) is 2.55. The summed E-state index contributed by atoms with van der Waals surface area (Å²) in [6.07, 6.45) is 7.59. The Morgan fingerprint density at radius 3 is 1.52 bits per heavy atom. The van der Waals surface area contributed by atoms with E-state index in [0.717, 1.165) is 5.56 Å². The third-order valence-electron chi connectivity index (χ3n) is 3.47. The van der Waals surface area contributed by atoms with Gasteiger partial charge in [-0.2, -0.15) is 0 Å². The molecule has 124 valence electrons. The zero-order valence-corrected chi connectivity index (χ0v) is 14.7. The van der Waals surface area contributed by atoms with E-state index in [1.54, 1.807) is 24.3 Å². The van der Waals surface area contributed by atoms with Crippen LogP contribution in [0, 0.1) is 0 Å². The summed E-state index contributed by atoms with van der Waals surface area (Å²) < 4.78 is 17.9. The first kappa shape index (κ1) is 19.4. The Kier molecular flexibility index (Phi) is 8.57. The van der Waals surface area contributed by atoms with E-state index in [0.29, 0.717) is 32.3 Å². The van der Waals surface area contributed by atoms with E-state index in [-0.39, 0.29) is 0 Å². The largest absolute Gasteiger partial charge is 0.288 e. The summed E-state index contributed by atoms with van der Waals surface area (Å²) in [7, 11) is -2.85. The van der Waals surface area contributed by atoms with E-state index >= 15 is 0 Å². The maximum absolute atomic E-state index is 14.0. The van der Waals surface area contributed by atoms with Crippen molar-refractivity contribution in [3.63, 3.8) is 0 Å². The smallest absolute Gasteiger partial charge is 0.221 e. The molecule has 0 saturated carbocycles. The predicted octanol–water partition coefficient (Wildman–Crippen LogP) is 4.73. The number of benzene rings is 1. The van der Waals surface area contributed by atoms with Gasteiger partial charge in [0.1, 0.15) is 0 Å². The maximum atomic E-state index is 14.0. The van der Waals surface area contributed by atoms with Crippen LogP contribution in [0.1, 0.15) is 5.56 Å². The summed E-state index contributed by atoms with van der Waals surface area (Å²) >= 11 is 0. The van der Waals surface area contributed by atoms with Crippen LogP contribution in [-0.2, 0) is 10.7 Å². The molecule has 0 fully saturated rings. The van der Waals surface area contributed by atoms with Crippen LogP contribution in [-0.4, -0.2) is 35.5 Å². The van der Waals surface area contributed by atoms with Crippen LogP contribution in [0.2, 0.25) is 0 Å². The van der Waals surface area contributed by atoms with Crippen molar-refractivity contribution in [2.45, 2.75) is 6.16 Å². The van der Waals surface area contributed by atoms with Gasteiger partial charge in [-0.05, 0) is 5.56 Å². The Bertz CT molecular complexity index is 520. The van der Waals surface area contributed by atoms with Crippen molar-refractivity contribution >= 4 is 7.44 Å². The third-order valence-corrected chi connectivity index (χ3v) is 6.67. The lowest BCUT2D eigenvalue weighted by Crippen LogP contribution is -2.33. The summed E-state index contributed by atoms with van der Waals surface area (Å²) in [6, 6.07) is 9.91.